The largest absolute Gasteiger partial charge is 0.312 e. The monoisotopic (exact) mass is 192 g/mol. The van der Waals surface area contributed by atoms with Gasteiger partial charge in [0.15, 0.2) is 0 Å². The van der Waals surface area contributed by atoms with Crippen molar-refractivity contribution in [1.82, 2.24) is 10.3 Å². The van der Waals surface area contributed by atoms with Gasteiger partial charge in [-0.1, -0.05) is 0 Å². The van der Waals surface area contributed by atoms with E-state index in [-0.39, 0.29) is 11.9 Å². The van der Waals surface area contributed by atoms with Gasteiger partial charge in [-0.25, -0.2) is 4.39 Å². The molecule has 0 radical (unpaired) electrons. The van der Waals surface area contributed by atoms with Crippen LogP contribution in [0.3, 0.4) is 0 Å². The molecular weight excluding hydrogens is 179 g/mol. The van der Waals surface area contributed by atoms with Crippen LogP contribution >= 0.6 is 0 Å². The summed E-state index contributed by atoms with van der Waals surface area (Å²) in [4.78, 5) is 4.00. The predicted octanol–water partition coefficient (Wildman–Crippen LogP) is 1.89. The Hall–Kier alpha value is -1.40. The van der Waals surface area contributed by atoms with E-state index in [2.05, 4.69) is 16.2 Å². The first-order valence-corrected chi connectivity index (χ1v) is 4.50. The van der Waals surface area contributed by atoms with Gasteiger partial charge in [0.2, 0.25) is 0 Å². The third-order valence-electron chi connectivity index (χ3n) is 2.04. The van der Waals surface area contributed by atoms with Gasteiger partial charge in [-0.3, -0.25) is 4.98 Å². The Morgan fingerprint density at radius 1 is 1.71 bits per heavy atom. The molecule has 3 heteroatoms. The van der Waals surface area contributed by atoms with Crippen molar-refractivity contribution in [3.8, 4) is 12.3 Å². The van der Waals surface area contributed by atoms with Crippen LogP contribution in [-0.4, -0.2) is 12.0 Å². The zero-order chi connectivity index (χ0) is 10.4. The Morgan fingerprint density at radius 3 is 3.07 bits per heavy atom. The van der Waals surface area contributed by atoms with Gasteiger partial charge in [0, 0.05) is 12.6 Å². The van der Waals surface area contributed by atoms with Gasteiger partial charge in [-0.2, -0.15) is 0 Å². The van der Waals surface area contributed by atoms with Crippen molar-refractivity contribution in [2.24, 2.45) is 0 Å². The van der Waals surface area contributed by atoms with Crippen molar-refractivity contribution in [3.63, 3.8) is 0 Å². The van der Waals surface area contributed by atoms with E-state index in [9.17, 15) is 4.39 Å². The third-order valence-corrected chi connectivity index (χ3v) is 2.04. The fourth-order valence-corrected chi connectivity index (χ4v) is 1.30. The molecule has 74 valence electrons. The maximum absolute atomic E-state index is 13.3. The van der Waals surface area contributed by atoms with Crippen LogP contribution in [0.2, 0.25) is 0 Å². The summed E-state index contributed by atoms with van der Waals surface area (Å²) in [6.07, 6.45) is 8.05. The maximum atomic E-state index is 13.3. The second-order valence-electron chi connectivity index (χ2n) is 2.95. The maximum Gasteiger partial charge on any atom is 0.146 e. The summed E-state index contributed by atoms with van der Waals surface area (Å²) in [7, 11) is 1.77. The van der Waals surface area contributed by atoms with Crippen LogP contribution in [0.5, 0.6) is 0 Å². The molecule has 0 spiro atoms. The zero-order valence-corrected chi connectivity index (χ0v) is 8.13. The summed E-state index contributed by atoms with van der Waals surface area (Å²) in [5, 5.41) is 3.00. The highest BCUT2D eigenvalue weighted by Crippen LogP contribution is 2.17. The number of nitrogens with one attached hydrogen (secondary N) is 1. The van der Waals surface area contributed by atoms with Crippen molar-refractivity contribution >= 4 is 0 Å². The van der Waals surface area contributed by atoms with Crippen molar-refractivity contribution in [2.45, 2.75) is 18.9 Å². The number of hydrogen-bond donors (Lipinski definition) is 1. The first-order chi connectivity index (χ1) is 6.79. The minimum Gasteiger partial charge on any atom is -0.312 e. The molecule has 1 atom stereocenters. The molecule has 14 heavy (non-hydrogen) atoms. The molecule has 0 saturated carbocycles. The van der Waals surface area contributed by atoms with E-state index in [0.29, 0.717) is 18.5 Å². The lowest BCUT2D eigenvalue weighted by Gasteiger charge is -2.14. The van der Waals surface area contributed by atoms with Gasteiger partial charge in [0.1, 0.15) is 5.82 Å². The highest BCUT2D eigenvalue weighted by molar-refractivity contribution is 5.11. The average Bonchev–Trinajstić information content (AvgIpc) is 2.21. The Balaban J connectivity index is 2.79. The Morgan fingerprint density at radius 2 is 2.50 bits per heavy atom. The molecule has 0 fully saturated rings. The zero-order valence-electron chi connectivity index (χ0n) is 8.13. The SMILES string of the molecule is C#CCCC(NC)c1ncccc1F. The van der Waals surface area contributed by atoms with Crippen molar-refractivity contribution in [2.75, 3.05) is 7.05 Å². The summed E-state index contributed by atoms with van der Waals surface area (Å²) in [6, 6.07) is 2.88. The minimum atomic E-state index is -0.288. The lowest BCUT2D eigenvalue weighted by Crippen LogP contribution is -2.18. The fraction of sp³-hybridized carbons (Fsp3) is 0.364. The number of hydrogen-bond acceptors (Lipinski definition) is 2. The van der Waals surface area contributed by atoms with Gasteiger partial charge in [-0.05, 0) is 25.6 Å². The number of halogens is 1. The molecule has 1 unspecified atom stereocenters. The predicted molar refractivity (Wildman–Crippen MR) is 54.1 cm³/mol. The van der Waals surface area contributed by atoms with E-state index in [0.717, 1.165) is 0 Å². The van der Waals surface area contributed by atoms with Crippen LogP contribution in [0.15, 0.2) is 18.3 Å². The van der Waals surface area contributed by atoms with E-state index in [1.54, 1.807) is 19.3 Å². The highest BCUT2D eigenvalue weighted by atomic mass is 19.1. The van der Waals surface area contributed by atoms with Crippen LogP contribution in [0.25, 0.3) is 0 Å². The van der Waals surface area contributed by atoms with Crippen LogP contribution in [-0.2, 0) is 0 Å². The number of terminal acetylenes is 1. The van der Waals surface area contributed by atoms with E-state index >= 15 is 0 Å². The molecule has 0 amide bonds. The van der Waals surface area contributed by atoms with Gasteiger partial charge < -0.3 is 5.32 Å². The summed E-state index contributed by atoms with van der Waals surface area (Å²) in [5.74, 6) is 2.24. The molecule has 2 nitrogen and oxygen atoms in total. The standard InChI is InChI=1S/C11H13FN2/c1-3-4-7-10(13-2)11-9(12)6-5-8-14-11/h1,5-6,8,10,13H,4,7H2,2H3. The van der Waals surface area contributed by atoms with Gasteiger partial charge in [-0.15, -0.1) is 12.3 Å². The van der Waals surface area contributed by atoms with Crippen molar-refractivity contribution in [3.05, 3.63) is 29.8 Å². The number of rotatable bonds is 4. The molecule has 0 aliphatic rings. The second-order valence-corrected chi connectivity index (χ2v) is 2.95. The molecule has 1 heterocycles. The summed E-state index contributed by atoms with van der Waals surface area (Å²) in [5.41, 5.74) is 0.435. The van der Waals surface area contributed by atoms with Crippen molar-refractivity contribution < 1.29 is 4.39 Å². The molecule has 1 aromatic heterocycles. The number of nitrogens with zero attached hydrogens (tertiary/aromatic N) is 1. The Bertz CT molecular complexity index is 330. The molecule has 1 rings (SSSR count). The van der Waals surface area contributed by atoms with Crippen molar-refractivity contribution in [1.29, 1.82) is 0 Å². The molecule has 0 aliphatic carbocycles. The number of aromatic nitrogens is 1. The molecular formula is C11H13FN2. The average molecular weight is 192 g/mol. The van der Waals surface area contributed by atoms with Crippen LogP contribution in [0.4, 0.5) is 4.39 Å². The van der Waals surface area contributed by atoms with Gasteiger partial charge in [0.05, 0.1) is 11.7 Å². The lowest BCUT2D eigenvalue weighted by atomic mass is 10.1. The quantitative estimate of drug-likeness (QED) is 0.737. The van der Waals surface area contributed by atoms with Crippen LogP contribution in [0, 0.1) is 18.2 Å². The van der Waals surface area contributed by atoms with E-state index in [4.69, 9.17) is 6.42 Å². The molecule has 1 aromatic rings. The molecule has 0 bridgehead atoms. The third kappa shape index (κ3) is 2.54. The molecule has 0 saturated heterocycles. The van der Waals surface area contributed by atoms with Gasteiger partial charge >= 0.3 is 0 Å². The molecule has 1 N–H and O–H groups in total. The smallest absolute Gasteiger partial charge is 0.146 e. The van der Waals surface area contributed by atoms with Crippen LogP contribution < -0.4 is 5.32 Å². The first-order valence-electron chi connectivity index (χ1n) is 4.50. The first kappa shape index (κ1) is 10.7. The Kier molecular flexibility index (Phi) is 4.09. The minimum absolute atomic E-state index is 0.104. The van der Waals surface area contributed by atoms with E-state index in [1.165, 1.54) is 6.07 Å². The second kappa shape index (κ2) is 5.36. The summed E-state index contributed by atoms with van der Waals surface area (Å²) >= 11 is 0. The summed E-state index contributed by atoms with van der Waals surface area (Å²) < 4.78 is 13.3. The molecule has 0 aromatic carbocycles. The topological polar surface area (TPSA) is 24.9 Å². The highest BCUT2D eigenvalue weighted by Gasteiger charge is 2.13. The Labute approximate surface area is 83.6 Å². The normalized spacial score (nSPS) is 12.1. The van der Waals surface area contributed by atoms with E-state index in [1.807, 2.05) is 0 Å². The summed E-state index contributed by atoms with van der Waals surface area (Å²) in [6.45, 7) is 0. The van der Waals surface area contributed by atoms with Gasteiger partial charge in [0.25, 0.3) is 0 Å². The van der Waals surface area contributed by atoms with Crippen LogP contribution in [0.1, 0.15) is 24.6 Å². The molecule has 0 aliphatic heterocycles. The fourth-order valence-electron chi connectivity index (χ4n) is 1.30. The lowest BCUT2D eigenvalue weighted by molar-refractivity contribution is 0.498. The van der Waals surface area contributed by atoms with E-state index < -0.39 is 0 Å². The number of pyridine rings is 1.